The molecule has 2 aromatic rings. The molecule has 0 aliphatic carbocycles. The number of amides is 2. The lowest BCUT2D eigenvalue weighted by atomic mass is 10.1. The van der Waals surface area contributed by atoms with Crippen LogP contribution in [0.1, 0.15) is 48.6 Å². The Morgan fingerprint density at radius 3 is 2.17 bits per heavy atom. The fourth-order valence-corrected chi connectivity index (χ4v) is 4.33. The molecule has 1 atom stereocenters. The van der Waals surface area contributed by atoms with Crippen molar-refractivity contribution in [1.29, 1.82) is 0 Å². The Balaban J connectivity index is 2.09. The first-order valence-electron chi connectivity index (χ1n) is 10.5. The Bertz CT molecular complexity index is 859. The topological polar surface area (TPSA) is 49.4 Å². The van der Waals surface area contributed by atoms with Gasteiger partial charge < -0.3 is 10.2 Å². The Hall–Kier alpha value is -2.27. The second kappa shape index (κ2) is 11.2. The van der Waals surface area contributed by atoms with E-state index >= 15 is 0 Å². The third-order valence-corrected chi connectivity index (χ3v) is 5.80. The number of hydrogen-bond acceptors (Lipinski definition) is 3. The predicted molar refractivity (Wildman–Crippen MR) is 127 cm³/mol. The fraction of sp³-hybridized carbons (Fsp3) is 0.440. The maximum absolute atomic E-state index is 13.1. The highest BCUT2D eigenvalue weighted by Gasteiger charge is 2.26. The van der Waals surface area contributed by atoms with Crippen molar-refractivity contribution in [1.82, 2.24) is 10.2 Å². The summed E-state index contributed by atoms with van der Waals surface area (Å²) in [5.41, 5.74) is 5.87. The average molecular weight is 427 g/mol. The Kier molecular flexibility index (Phi) is 8.97. The molecule has 0 radical (unpaired) electrons. The van der Waals surface area contributed by atoms with E-state index in [2.05, 4.69) is 43.4 Å². The lowest BCUT2D eigenvalue weighted by Crippen LogP contribution is -2.49. The zero-order valence-electron chi connectivity index (χ0n) is 19.0. The van der Waals surface area contributed by atoms with Crippen LogP contribution in [0.4, 0.5) is 0 Å². The minimum atomic E-state index is -0.526. The van der Waals surface area contributed by atoms with Crippen molar-refractivity contribution >= 4 is 23.6 Å². The number of carbonyl (C=O) groups excluding carboxylic acids is 2. The number of nitrogens with one attached hydrogen (secondary N) is 1. The zero-order chi connectivity index (χ0) is 22.3. The van der Waals surface area contributed by atoms with Gasteiger partial charge in [0.15, 0.2) is 0 Å². The average Bonchev–Trinajstić information content (AvgIpc) is 2.64. The van der Waals surface area contributed by atoms with Gasteiger partial charge in [0.2, 0.25) is 11.8 Å². The summed E-state index contributed by atoms with van der Waals surface area (Å²) in [6.07, 6.45) is 0. The van der Waals surface area contributed by atoms with Crippen LogP contribution in [0, 0.1) is 20.8 Å². The van der Waals surface area contributed by atoms with Crippen LogP contribution in [-0.2, 0) is 21.9 Å². The molecule has 0 spiro atoms. The third kappa shape index (κ3) is 7.52. The van der Waals surface area contributed by atoms with Gasteiger partial charge in [-0.15, -0.1) is 11.8 Å². The van der Waals surface area contributed by atoms with Crippen LogP contribution in [0.2, 0.25) is 0 Å². The van der Waals surface area contributed by atoms with Crippen LogP contribution in [0.3, 0.4) is 0 Å². The van der Waals surface area contributed by atoms with Crippen LogP contribution in [0.25, 0.3) is 0 Å². The van der Waals surface area contributed by atoms with Gasteiger partial charge in [0.1, 0.15) is 6.04 Å². The summed E-state index contributed by atoms with van der Waals surface area (Å²) < 4.78 is 0. The molecule has 0 aromatic heterocycles. The molecule has 1 N–H and O–H groups in total. The molecule has 0 unspecified atom stereocenters. The summed E-state index contributed by atoms with van der Waals surface area (Å²) in [5, 5.41) is 2.93. The molecule has 0 aliphatic rings. The number of aryl methyl sites for hydroxylation is 3. The summed E-state index contributed by atoms with van der Waals surface area (Å²) in [5.74, 6) is 0.986. The van der Waals surface area contributed by atoms with Crippen molar-refractivity contribution < 1.29 is 9.59 Å². The Morgan fingerprint density at radius 2 is 1.57 bits per heavy atom. The van der Waals surface area contributed by atoms with Crippen LogP contribution >= 0.6 is 11.8 Å². The summed E-state index contributed by atoms with van der Waals surface area (Å²) in [7, 11) is 0. The van der Waals surface area contributed by atoms with Crippen molar-refractivity contribution in [2.24, 2.45) is 0 Å². The van der Waals surface area contributed by atoms with E-state index in [4.69, 9.17) is 0 Å². The summed E-state index contributed by atoms with van der Waals surface area (Å²) >= 11 is 1.59. The minimum Gasteiger partial charge on any atom is -0.352 e. The zero-order valence-corrected chi connectivity index (χ0v) is 19.8. The monoisotopic (exact) mass is 426 g/mol. The van der Waals surface area contributed by atoms with E-state index in [1.165, 1.54) is 16.7 Å². The number of benzene rings is 2. The van der Waals surface area contributed by atoms with Crippen LogP contribution in [0.5, 0.6) is 0 Å². The van der Waals surface area contributed by atoms with Gasteiger partial charge in [0.05, 0.1) is 5.75 Å². The molecule has 0 heterocycles. The Morgan fingerprint density at radius 1 is 0.933 bits per heavy atom. The Labute approximate surface area is 185 Å². The summed E-state index contributed by atoms with van der Waals surface area (Å²) in [4.78, 5) is 27.4. The second-order valence-electron chi connectivity index (χ2n) is 8.34. The van der Waals surface area contributed by atoms with Gasteiger partial charge >= 0.3 is 0 Å². The molecular weight excluding hydrogens is 392 g/mol. The highest BCUT2D eigenvalue weighted by molar-refractivity contribution is 7.99. The summed E-state index contributed by atoms with van der Waals surface area (Å²) in [6, 6.07) is 14.1. The highest BCUT2D eigenvalue weighted by Crippen LogP contribution is 2.18. The van der Waals surface area contributed by atoms with Crippen LogP contribution < -0.4 is 5.32 Å². The molecule has 0 saturated carbocycles. The molecular formula is C25H34N2O2S. The third-order valence-electron chi connectivity index (χ3n) is 4.81. The molecule has 5 heteroatoms. The molecule has 0 aliphatic heterocycles. The maximum Gasteiger partial charge on any atom is 0.242 e. The molecule has 2 rings (SSSR count). The van der Waals surface area contributed by atoms with Crippen LogP contribution in [-0.4, -0.2) is 34.6 Å². The van der Waals surface area contributed by atoms with Crippen molar-refractivity contribution in [3.63, 3.8) is 0 Å². The first kappa shape index (κ1) is 24.0. The quantitative estimate of drug-likeness (QED) is 0.627. The van der Waals surface area contributed by atoms with Gasteiger partial charge in [0, 0.05) is 18.3 Å². The fourth-order valence-electron chi connectivity index (χ4n) is 3.49. The van der Waals surface area contributed by atoms with Crippen molar-refractivity contribution in [3.05, 3.63) is 70.3 Å². The van der Waals surface area contributed by atoms with Crippen molar-refractivity contribution in [3.8, 4) is 0 Å². The van der Waals surface area contributed by atoms with E-state index < -0.39 is 6.04 Å². The SMILES string of the molecule is Cc1cc(C)cc(CSCC(=O)N(Cc2cccc(C)c2)[C@H](C)C(=O)NC(C)C)c1. The van der Waals surface area contributed by atoms with E-state index in [0.717, 1.165) is 16.9 Å². The first-order chi connectivity index (χ1) is 14.2. The molecule has 30 heavy (non-hydrogen) atoms. The minimum absolute atomic E-state index is 0.0164. The van der Waals surface area contributed by atoms with E-state index in [-0.39, 0.29) is 17.9 Å². The van der Waals surface area contributed by atoms with Gasteiger partial charge in [-0.1, -0.05) is 59.2 Å². The van der Waals surface area contributed by atoms with Gasteiger partial charge in [0.25, 0.3) is 0 Å². The number of hydrogen-bond donors (Lipinski definition) is 1. The van der Waals surface area contributed by atoms with Crippen molar-refractivity contribution in [2.75, 3.05) is 5.75 Å². The van der Waals surface area contributed by atoms with E-state index in [1.54, 1.807) is 23.6 Å². The largest absolute Gasteiger partial charge is 0.352 e. The van der Waals surface area contributed by atoms with Gasteiger partial charge in [-0.2, -0.15) is 0 Å². The lowest BCUT2D eigenvalue weighted by Gasteiger charge is -2.29. The van der Waals surface area contributed by atoms with E-state index in [0.29, 0.717) is 12.3 Å². The van der Waals surface area contributed by atoms with Crippen molar-refractivity contribution in [2.45, 2.75) is 65.9 Å². The number of nitrogens with zero attached hydrogens (tertiary/aromatic N) is 1. The second-order valence-corrected chi connectivity index (χ2v) is 9.32. The molecule has 4 nitrogen and oxygen atoms in total. The molecule has 0 fully saturated rings. The van der Waals surface area contributed by atoms with Gasteiger partial charge in [-0.05, 0) is 52.7 Å². The summed E-state index contributed by atoms with van der Waals surface area (Å²) in [6.45, 7) is 12.3. The highest BCUT2D eigenvalue weighted by atomic mass is 32.2. The molecule has 0 bridgehead atoms. The maximum atomic E-state index is 13.1. The van der Waals surface area contributed by atoms with E-state index in [9.17, 15) is 9.59 Å². The first-order valence-corrected chi connectivity index (χ1v) is 11.6. The molecule has 2 amide bonds. The predicted octanol–water partition coefficient (Wildman–Crippen LogP) is 4.79. The molecule has 162 valence electrons. The van der Waals surface area contributed by atoms with E-state index in [1.807, 2.05) is 39.0 Å². The lowest BCUT2D eigenvalue weighted by molar-refractivity contribution is -0.138. The number of carbonyl (C=O) groups is 2. The smallest absolute Gasteiger partial charge is 0.242 e. The normalized spacial score (nSPS) is 12.0. The standard InChI is InChI=1S/C25H34N2O2S/c1-17(2)26-25(29)21(6)27(14-22-9-7-8-18(3)11-22)24(28)16-30-15-23-12-19(4)10-20(5)13-23/h7-13,17,21H,14-16H2,1-6H3,(H,26,29)/t21-/m1/s1. The van der Waals surface area contributed by atoms with Gasteiger partial charge in [-0.25, -0.2) is 0 Å². The van der Waals surface area contributed by atoms with Crippen LogP contribution in [0.15, 0.2) is 42.5 Å². The van der Waals surface area contributed by atoms with Gasteiger partial charge in [-0.3, -0.25) is 9.59 Å². The number of rotatable bonds is 9. The molecule has 0 saturated heterocycles. The number of thioether (sulfide) groups is 1. The molecule has 2 aromatic carbocycles.